The molecule has 1 aromatic rings. The van der Waals surface area contributed by atoms with E-state index >= 15 is 0 Å². The van der Waals surface area contributed by atoms with Gasteiger partial charge < -0.3 is 15.3 Å². The van der Waals surface area contributed by atoms with Crippen LogP contribution in [0.3, 0.4) is 0 Å². The summed E-state index contributed by atoms with van der Waals surface area (Å²) in [4.78, 5) is 13.9. The lowest BCUT2D eigenvalue weighted by Gasteiger charge is -2.17. The maximum atomic E-state index is 12.1. The molecule has 0 spiro atoms. The number of aliphatic hydroxyl groups is 1. The molecular weight excluding hydrogens is 332 g/mol. The number of nitrogens with zero attached hydrogens (tertiary/aromatic N) is 1. The minimum Gasteiger partial charge on any atom is -0.396 e. The fraction of sp³-hybridized carbons (Fsp3) is 0.462. The molecule has 2 amide bonds. The number of amides is 2. The molecule has 0 unspecified atom stereocenters. The zero-order valence-corrected chi connectivity index (χ0v) is 12.9. The first-order chi connectivity index (χ1) is 9.01. The molecule has 1 fully saturated rings. The van der Waals surface area contributed by atoms with Crippen LogP contribution in [-0.4, -0.2) is 35.7 Å². The third-order valence-corrected chi connectivity index (χ3v) is 4.35. The molecule has 0 saturated carbocycles. The van der Waals surface area contributed by atoms with Crippen molar-refractivity contribution in [3.8, 4) is 0 Å². The number of carbonyl (C=O) groups is 1. The van der Waals surface area contributed by atoms with E-state index in [1.165, 1.54) is 0 Å². The summed E-state index contributed by atoms with van der Waals surface area (Å²) in [5, 5.41) is 12.7. The highest BCUT2D eigenvalue weighted by molar-refractivity contribution is 9.10. The number of hydrogen-bond donors (Lipinski definition) is 2. The van der Waals surface area contributed by atoms with Crippen molar-refractivity contribution in [2.45, 2.75) is 6.92 Å². The largest absolute Gasteiger partial charge is 0.396 e. The quantitative estimate of drug-likeness (QED) is 0.863. The molecule has 0 aliphatic carbocycles. The lowest BCUT2D eigenvalue weighted by molar-refractivity contribution is 0.202. The third kappa shape index (κ3) is 3.41. The molecule has 0 aromatic heterocycles. The molecule has 0 radical (unpaired) electrons. The second kappa shape index (κ2) is 6.11. The van der Waals surface area contributed by atoms with Crippen molar-refractivity contribution >= 4 is 39.2 Å². The number of hydrogen-bond acceptors (Lipinski definition) is 2. The predicted molar refractivity (Wildman–Crippen MR) is 79.5 cm³/mol. The Kier molecular flexibility index (Phi) is 4.71. The predicted octanol–water partition coefficient (Wildman–Crippen LogP) is 3.19. The van der Waals surface area contributed by atoms with Crippen LogP contribution in [0.1, 0.15) is 6.92 Å². The van der Waals surface area contributed by atoms with E-state index in [1.54, 1.807) is 23.1 Å². The number of urea groups is 1. The fourth-order valence-corrected chi connectivity index (χ4v) is 3.00. The van der Waals surface area contributed by atoms with Gasteiger partial charge in [0.2, 0.25) is 0 Å². The van der Waals surface area contributed by atoms with Crippen LogP contribution in [-0.2, 0) is 0 Å². The summed E-state index contributed by atoms with van der Waals surface area (Å²) in [7, 11) is 0. The summed E-state index contributed by atoms with van der Waals surface area (Å²) in [5.41, 5.74) is 0.689. The number of anilines is 1. The van der Waals surface area contributed by atoms with E-state index in [0.29, 0.717) is 29.7 Å². The Morgan fingerprint density at radius 3 is 2.89 bits per heavy atom. The van der Waals surface area contributed by atoms with Crippen LogP contribution in [0.2, 0.25) is 5.02 Å². The van der Waals surface area contributed by atoms with Gasteiger partial charge in [0.1, 0.15) is 0 Å². The number of nitrogens with one attached hydrogen (secondary N) is 1. The average Bonchev–Trinajstić information content (AvgIpc) is 2.74. The Bertz CT molecular complexity index is 484. The first-order valence-electron chi connectivity index (χ1n) is 6.13. The minimum atomic E-state index is -0.147. The molecule has 1 saturated heterocycles. The molecule has 4 nitrogen and oxygen atoms in total. The fourth-order valence-electron chi connectivity index (χ4n) is 2.22. The van der Waals surface area contributed by atoms with Crippen LogP contribution >= 0.6 is 27.5 Å². The van der Waals surface area contributed by atoms with Crippen molar-refractivity contribution in [1.29, 1.82) is 0 Å². The molecule has 0 bridgehead atoms. The highest BCUT2D eigenvalue weighted by Gasteiger charge is 2.31. The van der Waals surface area contributed by atoms with Crippen LogP contribution in [0.4, 0.5) is 10.5 Å². The van der Waals surface area contributed by atoms with Gasteiger partial charge in [-0.3, -0.25) is 0 Å². The van der Waals surface area contributed by atoms with E-state index in [1.807, 2.05) is 6.92 Å². The maximum Gasteiger partial charge on any atom is 0.321 e. The Labute approximate surface area is 125 Å². The van der Waals surface area contributed by atoms with Crippen LogP contribution < -0.4 is 5.32 Å². The van der Waals surface area contributed by atoms with Crippen molar-refractivity contribution in [3.05, 3.63) is 27.7 Å². The number of carbonyl (C=O) groups excluding carboxylic acids is 1. The summed E-state index contributed by atoms with van der Waals surface area (Å²) < 4.78 is 0.749. The second-order valence-electron chi connectivity index (χ2n) is 4.88. The van der Waals surface area contributed by atoms with E-state index < -0.39 is 0 Å². The zero-order valence-electron chi connectivity index (χ0n) is 10.6. The monoisotopic (exact) mass is 346 g/mol. The van der Waals surface area contributed by atoms with Crippen molar-refractivity contribution < 1.29 is 9.90 Å². The standard InChI is InChI=1S/C13H16BrClN2O2/c1-8-5-17(6-9(8)7-18)13(19)16-12-3-2-10(15)4-11(12)14/h2-4,8-9,18H,5-7H2,1H3,(H,16,19)/t8-,9+/m1/s1. The molecular formula is C13H16BrClN2O2. The molecule has 2 atom stereocenters. The first kappa shape index (κ1) is 14.6. The number of likely N-dealkylation sites (tertiary alicyclic amines) is 1. The molecule has 2 N–H and O–H groups in total. The van der Waals surface area contributed by atoms with Gasteiger partial charge in [-0.15, -0.1) is 0 Å². The second-order valence-corrected chi connectivity index (χ2v) is 6.17. The van der Waals surface area contributed by atoms with Crippen molar-refractivity contribution in [1.82, 2.24) is 4.90 Å². The van der Waals surface area contributed by atoms with Gasteiger partial charge in [0, 0.05) is 35.1 Å². The average molecular weight is 348 g/mol. The maximum absolute atomic E-state index is 12.1. The molecule has 1 aliphatic rings. The highest BCUT2D eigenvalue weighted by atomic mass is 79.9. The zero-order chi connectivity index (χ0) is 14.0. The normalized spacial score (nSPS) is 22.6. The number of halogens is 2. The minimum absolute atomic E-state index is 0.121. The van der Waals surface area contributed by atoms with Gasteiger partial charge >= 0.3 is 6.03 Å². The SMILES string of the molecule is C[C@@H]1CN(C(=O)Nc2ccc(Cl)cc2Br)C[C@H]1CO. The smallest absolute Gasteiger partial charge is 0.321 e. The van der Waals surface area contributed by atoms with E-state index in [0.717, 1.165) is 4.47 Å². The summed E-state index contributed by atoms with van der Waals surface area (Å²) in [6, 6.07) is 5.07. The van der Waals surface area contributed by atoms with Gasteiger partial charge in [0.05, 0.1) is 5.69 Å². The van der Waals surface area contributed by atoms with Crippen LogP contribution in [0.25, 0.3) is 0 Å². The third-order valence-electron chi connectivity index (χ3n) is 3.46. The van der Waals surface area contributed by atoms with E-state index in [9.17, 15) is 9.90 Å². The van der Waals surface area contributed by atoms with Gasteiger partial charge in [-0.2, -0.15) is 0 Å². The number of benzene rings is 1. The van der Waals surface area contributed by atoms with E-state index in [2.05, 4.69) is 21.2 Å². The number of rotatable bonds is 2. The molecule has 1 aromatic carbocycles. The Hall–Kier alpha value is -0.780. The van der Waals surface area contributed by atoms with Gasteiger partial charge in [0.25, 0.3) is 0 Å². The van der Waals surface area contributed by atoms with Crippen LogP contribution in [0.15, 0.2) is 22.7 Å². The topological polar surface area (TPSA) is 52.6 Å². The lowest BCUT2D eigenvalue weighted by atomic mass is 10.00. The lowest BCUT2D eigenvalue weighted by Crippen LogP contribution is -2.33. The van der Waals surface area contributed by atoms with Crippen molar-refractivity contribution in [2.75, 3.05) is 25.0 Å². The first-order valence-corrected chi connectivity index (χ1v) is 7.30. The van der Waals surface area contributed by atoms with Crippen LogP contribution in [0.5, 0.6) is 0 Å². The molecule has 1 aliphatic heterocycles. The highest BCUT2D eigenvalue weighted by Crippen LogP contribution is 2.27. The van der Waals surface area contributed by atoms with E-state index in [4.69, 9.17) is 11.6 Å². The summed E-state index contributed by atoms with van der Waals surface area (Å²) >= 11 is 9.22. The molecule has 104 valence electrons. The Balaban J connectivity index is 2.02. The number of aliphatic hydroxyl groups excluding tert-OH is 1. The van der Waals surface area contributed by atoms with Gasteiger partial charge in [0.15, 0.2) is 0 Å². The molecule has 6 heteroatoms. The van der Waals surface area contributed by atoms with Crippen molar-refractivity contribution in [2.24, 2.45) is 11.8 Å². The molecule has 1 heterocycles. The molecule has 19 heavy (non-hydrogen) atoms. The van der Waals surface area contributed by atoms with Crippen LogP contribution in [0, 0.1) is 11.8 Å². The summed E-state index contributed by atoms with van der Waals surface area (Å²) in [6.45, 7) is 3.43. The summed E-state index contributed by atoms with van der Waals surface area (Å²) in [5.74, 6) is 0.490. The Morgan fingerprint density at radius 2 is 2.32 bits per heavy atom. The Morgan fingerprint density at radius 1 is 1.58 bits per heavy atom. The van der Waals surface area contributed by atoms with Crippen molar-refractivity contribution in [3.63, 3.8) is 0 Å². The van der Waals surface area contributed by atoms with Gasteiger partial charge in [-0.05, 0) is 40.0 Å². The van der Waals surface area contributed by atoms with Gasteiger partial charge in [-0.1, -0.05) is 18.5 Å². The van der Waals surface area contributed by atoms with E-state index in [-0.39, 0.29) is 18.6 Å². The van der Waals surface area contributed by atoms with Gasteiger partial charge in [-0.25, -0.2) is 4.79 Å². The molecule has 2 rings (SSSR count). The summed E-state index contributed by atoms with van der Waals surface area (Å²) in [6.07, 6.45) is 0.